The van der Waals surface area contributed by atoms with Crippen molar-refractivity contribution in [1.82, 2.24) is 5.01 Å². The summed E-state index contributed by atoms with van der Waals surface area (Å²) in [5, 5.41) is 6.06. The highest BCUT2D eigenvalue weighted by Gasteiger charge is 2.17. The van der Waals surface area contributed by atoms with Crippen LogP contribution in [-0.2, 0) is 0 Å². The van der Waals surface area contributed by atoms with E-state index in [0.717, 1.165) is 6.42 Å². The van der Waals surface area contributed by atoms with Crippen molar-refractivity contribution in [3.05, 3.63) is 24.3 Å². The molecule has 0 saturated heterocycles. The molecule has 0 unspecified atom stereocenters. The summed E-state index contributed by atoms with van der Waals surface area (Å²) in [5.74, 6) is 0. The van der Waals surface area contributed by atoms with Crippen LogP contribution in [0.1, 0.15) is 13.3 Å². The molecule has 0 heterocycles. The summed E-state index contributed by atoms with van der Waals surface area (Å²) < 4.78 is 0. The van der Waals surface area contributed by atoms with Crippen molar-refractivity contribution in [3.8, 4) is 0 Å². The molecule has 1 aliphatic rings. The van der Waals surface area contributed by atoms with Crippen molar-refractivity contribution in [2.45, 2.75) is 13.3 Å². The average Bonchev–Trinajstić information content (AvgIpc) is 2.03. The molecule has 0 aliphatic heterocycles. The van der Waals surface area contributed by atoms with Gasteiger partial charge < -0.3 is 5.01 Å². The minimum absolute atomic E-state index is 0.110. The van der Waals surface area contributed by atoms with Crippen LogP contribution in [0.15, 0.2) is 29.4 Å². The monoisotopic (exact) mass is 164 g/mol. The average molecular weight is 164 g/mol. The molecule has 0 amide bonds. The van der Waals surface area contributed by atoms with Crippen molar-refractivity contribution in [2.24, 2.45) is 10.5 Å². The number of nitrogens with zero attached hydrogens (tertiary/aromatic N) is 2. The predicted molar refractivity (Wildman–Crippen MR) is 53.2 cm³/mol. The number of allylic oxidation sites excluding steroid dienone is 4. The van der Waals surface area contributed by atoms with Gasteiger partial charge in [0.25, 0.3) is 0 Å². The highest BCUT2D eigenvalue weighted by Crippen LogP contribution is 2.24. The maximum Gasteiger partial charge on any atom is 0.0345 e. The van der Waals surface area contributed by atoms with E-state index in [4.69, 9.17) is 0 Å². The summed E-state index contributed by atoms with van der Waals surface area (Å²) >= 11 is 0. The summed E-state index contributed by atoms with van der Waals surface area (Å²) in [4.78, 5) is 0. The van der Waals surface area contributed by atoms with Crippen LogP contribution in [0.4, 0.5) is 0 Å². The molecule has 0 aromatic heterocycles. The number of hydrogen-bond acceptors (Lipinski definition) is 2. The summed E-state index contributed by atoms with van der Waals surface area (Å²) in [5.41, 5.74) is 0.110. The Morgan fingerprint density at radius 3 is 2.67 bits per heavy atom. The molecule has 1 rings (SSSR count). The predicted octanol–water partition coefficient (Wildman–Crippen LogP) is 2.06. The standard InChI is InChI=1S/C10H16N2/c1-10(9-11-12(2)3)7-5-4-6-8-10/h4-7,9H,8H2,1-3H3/b11-9-/t10-/m1/s1. The molecule has 2 nitrogen and oxygen atoms in total. The fraction of sp³-hybridized carbons (Fsp3) is 0.500. The van der Waals surface area contributed by atoms with Crippen LogP contribution in [0.5, 0.6) is 0 Å². The zero-order chi connectivity index (χ0) is 9.03. The molecular formula is C10H16N2. The maximum atomic E-state index is 4.24. The van der Waals surface area contributed by atoms with Gasteiger partial charge in [0, 0.05) is 25.7 Å². The first-order valence-electron chi connectivity index (χ1n) is 4.19. The van der Waals surface area contributed by atoms with E-state index < -0.39 is 0 Å². The molecule has 0 aromatic rings. The van der Waals surface area contributed by atoms with Gasteiger partial charge in [-0.15, -0.1) is 0 Å². The minimum atomic E-state index is 0.110. The van der Waals surface area contributed by atoms with Crippen molar-refractivity contribution in [2.75, 3.05) is 14.1 Å². The summed E-state index contributed by atoms with van der Waals surface area (Å²) in [6, 6.07) is 0. The number of rotatable bonds is 2. The van der Waals surface area contributed by atoms with E-state index in [-0.39, 0.29) is 5.41 Å². The molecule has 0 aromatic carbocycles. The second-order valence-electron chi connectivity index (χ2n) is 3.59. The third kappa shape index (κ3) is 2.53. The van der Waals surface area contributed by atoms with Gasteiger partial charge >= 0.3 is 0 Å². The lowest BCUT2D eigenvalue weighted by molar-refractivity contribution is 0.431. The number of hydrazone groups is 1. The first-order valence-corrected chi connectivity index (χ1v) is 4.19. The van der Waals surface area contributed by atoms with E-state index in [2.05, 4.69) is 36.3 Å². The lowest BCUT2D eigenvalue weighted by Gasteiger charge is -2.21. The molecule has 2 heteroatoms. The van der Waals surface area contributed by atoms with Gasteiger partial charge in [0.15, 0.2) is 0 Å². The number of hydrogen-bond donors (Lipinski definition) is 0. The van der Waals surface area contributed by atoms with E-state index in [1.165, 1.54) is 0 Å². The van der Waals surface area contributed by atoms with Gasteiger partial charge in [-0.3, -0.25) is 0 Å². The van der Waals surface area contributed by atoms with Crippen LogP contribution >= 0.6 is 0 Å². The second-order valence-corrected chi connectivity index (χ2v) is 3.59. The molecule has 66 valence electrons. The highest BCUT2D eigenvalue weighted by molar-refractivity contribution is 5.68. The topological polar surface area (TPSA) is 15.6 Å². The van der Waals surface area contributed by atoms with E-state index in [1.54, 1.807) is 0 Å². The SMILES string of the molecule is CN(C)/N=C\[C@]1(C)C=CC=CC1. The van der Waals surface area contributed by atoms with Gasteiger partial charge in [-0.1, -0.05) is 31.2 Å². The first-order chi connectivity index (χ1) is 5.62. The first kappa shape index (κ1) is 9.04. The van der Waals surface area contributed by atoms with Gasteiger partial charge in [-0.2, -0.15) is 5.10 Å². The molecule has 1 aliphatic carbocycles. The Morgan fingerprint density at radius 2 is 2.17 bits per heavy atom. The molecule has 0 saturated carbocycles. The van der Waals surface area contributed by atoms with Crippen LogP contribution in [0.2, 0.25) is 0 Å². The fourth-order valence-corrected chi connectivity index (χ4v) is 1.09. The lowest BCUT2D eigenvalue weighted by atomic mass is 9.85. The summed E-state index contributed by atoms with van der Waals surface area (Å²) in [6.07, 6.45) is 11.5. The van der Waals surface area contributed by atoms with Crippen LogP contribution < -0.4 is 0 Å². The Labute approximate surface area is 74.3 Å². The van der Waals surface area contributed by atoms with E-state index in [1.807, 2.05) is 25.3 Å². The molecule has 0 N–H and O–H groups in total. The largest absolute Gasteiger partial charge is 0.303 e. The fourth-order valence-electron chi connectivity index (χ4n) is 1.09. The van der Waals surface area contributed by atoms with Crippen LogP contribution in [0.3, 0.4) is 0 Å². The van der Waals surface area contributed by atoms with E-state index in [9.17, 15) is 0 Å². The Morgan fingerprint density at radius 1 is 1.42 bits per heavy atom. The normalized spacial score (nSPS) is 28.2. The lowest BCUT2D eigenvalue weighted by Crippen LogP contribution is -2.17. The molecule has 0 radical (unpaired) electrons. The van der Waals surface area contributed by atoms with Crippen molar-refractivity contribution in [1.29, 1.82) is 0 Å². The zero-order valence-corrected chi connectivity index (χ0v) is 7.99. The maximum absolute atomic E-state index is 4.24. The smallest absolute Gasteiger partial charge is 0.0345 e. The zero-order valence-electron chi connectivity index (χ0n) is 7.99. The summed E-state index contributed by atoms with van der Waals surface area (Å²) in [7, 11) is 3.87. The molecule has 0 fully saturated rings. The molecular weight excluding hydrogens is 148 g/mol. The Bertz CT molecular complexity index is 226. The van der Waals surface area contributed by atoms with Crippen LogP contribution in [-0.4, -0.2) is 25.3 Å². The van der Waals surface area contributed by atoms with Gasteiger partial charge in [0.1, 0.15) is 0 Å². The van der Waals surface area contributed by atoms with Gasteiger partial charge in [0.2, 0.25) is 0 Å². The second kappa shape index (κ2) is 3.57. The quantitative estimate of drug-likeness (QED) is 0.450. The summed E-state index contributed by atoms with van der Waals surface area (Å²) in [6.45, 7) is 2.18. The van der Waals surface area contributed by atoms with Crippen molar-refractivity contribution in [3.63, 3.8) is 0 Å². The van der Waals surface area contributed by atoms with Crippen molar-refractivity contribution < 1.29 is 0 Å². The third-order valence-electron chi connectivity index (χ3n) is 1.87. The van der Waals surface area contributed by atoms with Crippen LogP contribution in [0, 0.1) is 5.41 Å². The Hall–Kier alpha value is -1.05. The Balaban J connectivity index is 2.61. The molecule has 0 bridgehead atoms. The minimum Gasteiger partial charge on any atom is -0.303 e. The van der Waals surface area contributed by atoms with Gasteiger partial charge in [-0.25, -0.2) is 0 Å². The van der Waals surface area contributed by atoms with Gasteiger partial charge in [-0.05, 0) is 6.42 Å². The third-order valence-corrected chi connectivity index (χ3v) is 1.87. The van der Waals surface area contributed by atoms with Crippen molar-refractivity contribution >= 4 is 6.21 Å². The molecule has 0 spiro atoms. The van der Waals surface area contributed by atoms with E-state index in [0.29, 0.717) is 0 Å². The Kier molecular flexibility index (Phi) is 2.69. The van der Waals surface area contributed by atoms with Gasteiger partial charge in [0.05, 0.1) is 0 Å². The van der Waals surface area contributed by atoms with E-state index >= 15 is 0 Å². The molecule has 1 atom stereocenters. The molecule has 12 heavy (non-hydrogen) atoms. The highest BCUT2D eigenvalue weighted by atomic mass is 15.4. The van der Waals surface area contributed by atoms with Crippen LogP contribution in [0.25, 0.3) is 0 Å².